The number of hydrogen-bond acceptors (Lipinski definition) is 18. The summed E-state index contributed by atoms with van der Waals surface area (Å²) in [6.07, 6.45) is 10.5. The predicted octanol–water partition coefficient (Wildman–Crippen LogP) is 4.82. The van der Waals surface area contributed by atoms with Crippen LogP contribution in [0.1, 0.15) is 219 Å². The van der Waals surface area contributed by atoms with Crippen LogP contribution < -0.4 is 5.32 Å². The lowest BCUT2D eigenvalue weighted by molar-refractivity contribution is -0.379. The largest absolute Gasteiger partial charge is 0.394 e. The second kappa shape index (κ2) is 40.9. The first-order valence-electron chi connectivity index (χ1n) is 29.8. The molecular formula is C56H107NO18. The predicted molar refractivity (Wildman–Crippen MR) is 282 cm³/mol. The number of aliphatic hydroxyl groups is 11. The van der Waals surface area contributed by atoms with Crippen LogP contribution in [0.5, 0.6) is 0 Å². The molecule has 0 radical (unpaired) electrons. The molecule has 1 amide bonds. The van der Waals surface area contributed by atoms with E-state index in [0.717, 1.165) is 44.9 Å². The average Bonchev–Trinajstić information content (AvgIpc) is 3.41. The van der Waals surface area contributed by atoms with Gasteiger partial charge in [0.05, 0.1) is 38.6 Å². The van der Waals surface area contributed by atoms with Crippen LogP contribution in [0.25, 0.3) is 0 Å². The highest BCUT2D eigenvalue weighted by Gasteiger charge is 2.53. The van der Waals surface area contributed by atoms with E-state index >= 15 is 0 Å². The van der Waals surface area contributed by atoms with E-state index < -0.39 is 124 Å². The summed E-state index contributed by atoms with van der Waals surface area (Å²) in [7, 11) is 0. The standard InChI is InChI=1S/C56H107NO18/c1-3-5-7-9-11-13-15-16-17-18-19-20-21-22-24-26-28-30-32-34-44(62)57-39(40(61)33-31-29-27-25-23-14-12-10-8-6-4-2)38-70-54-50(68)47(65)52(42(36-59)72-54)75-56-51(69)48(66)53(43(37-60)73-56)74-55-49(67)46(64)45(63)41(35-58)71-55/h39-43,45-56,58-61,63-69H,3-38H2,1-2H3,(H,57,62). The molecule has 17 atom stereocenters. The Labute approximate surface area is 449 Å². The number of ether oxygens (including phenoxy) is 6. The molecule has 19 nitrogen and oxygen atoms in total. The van der Waals surface area contributed by atoms with Crippen LogP contribution in [0.4, 0.5) is 0 Å². The van der Waals surface area contributed by atoms with Gasteiger partial charge in [-0.1, -0.05) is 200 Å². The number of hydrogen-bond donors (Lipinski definition) is 12. The molecule has 0 aromatic heterocycles. The van der Waals surface area contributed by atoms with Crippen molar-refractivity contribution in [2.45, 2.75) is 324 Å². The summed E-state index contributed by atoms with van der Waals surface area (Å²) < 4.78 is 34.3. The molecule has 3 fully saturated rings. The summed E-state index contributed by atoms with van der Waals surface area (Å²) in [6.45, 7) is 1.79. The van der Waals surface area contributed by atoms with Gasteiger partial charge in [0.2, 0.25) is 5.91 Å². The number of rotatable bonds is 44. The van der Waals surface area contributed by atoms with E-state index in [-0.39, 0.29) is 18.9 Å². The monoisotopic (exact) mass is 1080 g/mol. The zero-order valence-corrected chi connectivity index (χ0v) is 46.0. The highest BCUT2D eigenvalue weighted by molar-refractivity contribution is 5.76. The van der Waals surface area contributed by atoms with Crippen molar-refractivity contribution >= 4 is 5.91 Å². The molecule has 3 rings (SSSR count). The summed E-state index contributed by atoms with van der Waals surface area (Å²) in [4.78, 5) is 13.3. The normalized spacial score (nSPS) is 31.1. The zero-order valence-electron chi connectivity index (χ0n) is 46.0. The Kier molecular flexibility index (Phi) is 37.1. The van der Waals surface area contributed by atoms with Crippen LogP contribution in [0.15, 0.2) is 0 Å². The van der Waals surface area contributed by atoms with E-state index in [1.165, 1.54) is 141 Å². The molecule has 0 aromatic carbocycles. The van der Waals surface area contributed by atoms with Gasteiger partial charge in [-0.25, -0.2) is 0 Å². The first-order chi connectivity index (χ1) is 36.3. The Morgan fingerprint density at radius 3 is 1.16 bits per heavy atom. The summed E-state index contributed by atoms with van der Waals surface area (Å²) in [5.74, 6) is -0.240. The van der Waals surface area contributed by atoms with Gasteiger partial charge >= 0.3 is 0 Å². The number of amides is 1. The molecule has 3 aliphatic rings. The van der Waals surface area contributed by atoms with Crippen molar-refractivity contribution in [3.05, 3.63) is 0 Å². The summed E-state index contributed by atoms with van der Waals surface area (Å²) >= 11 is 0. The maximum atomic E-state index is 13.3. The van der Waals surface area contributed by atoms with E-state index in [4.69, 9.17) is 28.4 Å². The molecule has 444 valence electrons. The Bertz CT molecular complexity index is 1390. The minimum absolute atomic E-state index is 0.240. The van der Waals surface area contributed by atoms with Crippen molar-refractivity contribution in [2.75, 3.05) is 26.4 Å². The zero-order chi connectivity index (χ0) is 54.8. The Balaban J connectivity index is 1.47. The third-order valence-corrected chi connectivity index (χ3v) is 15.4. The van der Waals surface area contributed by atoms with Gasteiger partial charge in [-0.3, -0.25) is 4.79 Å². The lowest BCUT2D eigenvalue weighted by Crippen LogP contribution is -2.66. The van der Waals surface area contributed by atoms with Crippen molar-refractivity contribution in [1.82, 2.24) is 5.32 Å². The first kappa shape index (κ1) is 68.1. The van der Waals surface area contributed by atoms with E-state index in [1.807, 2.05) is 0 Å². The van der Waals surface area contributed by atoms with Crippen LogP contribution in [0.2, 0.25) is 0 Å². The van der Waals surface area contributed by atoms with Gasteiger partial charge < -0.3 is 89.9 Å². The Morgan fingerprint density at radius 1 is 0.427 bits per heavy atom. The maximum Gasteiger partial charge on any atom is 0.220 e. The smallest absolute Gasteiger partial charge is 0.220 e. The molecule has 0 aromatic rings. The third-order valence-electron chi connectivity index (χ3n) is 15.4. The quantitative estimate of drug-likeness (QED) is 0.0364. The molecule has 17 unspecified atom stereocenters. The van der Waals surface area contributed by atoms with Crippen molar-refractivity contribution in [1.29, 1.82) is 0 Å². The van der Waals surface area contributed by atoms with Gasteiger partial charge in [-0.2, -0.15) is 0 Å². The fraction of sp³-hybridized carbons (Fsp3) is 0.982. The molecule has 75 heavy (non-hydrogen) atoms. The number of carbonyl (C=O) groups excluding carboxylic acids is 1. The number of unbranched alkanes of at least 4 members (excludes halogenated alkanes) is 28. The highest BCUT2D eigenvalue weighted by atomic mass is 16.8. The fourth-order valence-corrected chi connectivity index (χ4v) is 10.5. The van der Waals surface area contributed by atoms with Crippen LogP contribution >= 0.6 is 0 Å². The molecular weight excluding hydrogens is 975 g/mol. The van der Waals surface area contributed by atoms with Crippen LogP contribution in [-0.2, 0) is 33.2 Å². The molecule has 0 bridgehead atoms. The van der Waals surface area contributed by atoms with Gasteiger partial charge in [-0.05, 0) is 12.8 Å². The van der Waals surface area contributed by atoms with E-state index in [2.05, 4.69) is 19.2 Å². The molecule has 19 heteroatoms. The summed E-state index contributed by atoms with van der Waals surface area (Å²) in [5, 5.41) is 120. The van der Waals surface area contributed by atoms with Gasteiger partial charge in [0.25, 0.3) is 0 Å². The van der Waals surface area contributed by atoms with E-state index in [1.54, 1.807) is 0 Å². The molecule has 0 spiro atoms. The molecule has 3 saturated heterocycles. The lowest BCUT2D eigenvalue weighted by Gasteiger charge is -2.48. The van der Waals surface area contributed by atoms with E-state index in [9.17, 15) is 61.0 Å². The van der Waals surface area contributed by atoms with Crippen molar-refractivity contribution in [3.63, 3.8) is 0 Å². The van der Waals surface area contributed by atoms with Crippen molar-refractivity contribution < 1.29 is 89.4 Å². The second-order valence-corrected chi connectivity index (χ2v) is 21.8. The summed E-state index contributed by atoms with van der Waals surface area (Å²) in [6, 6.07) is -0.878. The Hall–Kier alpha value is -1.21. The Morgan fingerprint density at radius 2 is 0.760 bits per heavy atom. The number of nitrogens with one attached hydrogen (secondary N) is 1. The minimum atomic E-state index is -1.97. The van der Waals surface area contributed by atoms with Crippen molar-refractivity contribution in [3.8, 4) is 0 Å². The molecule has 3 heterocycles. The lowest BCUT2D eigenvalue weighted by atomic mass is 9.96. The number of aliphatic hydroxyl groups excluding tert-OH is 11. The van der Waals surface area contributed by atoms with Gasteiger partial charge in [0, 0.05) is 6.42 Å². The van der Waals surface area contributed by atoms with Crippen LogP contribution in [-0.4, -0.2) is 193 Å². The van der Waals surface area contributed by atoms with Gasteiger partial charge in [0.1, 0.15) is 73.2 Å². The first-order valence-corrected chi connectivity index (χ1v) is 29.8. The highest BCUT2D eigenvalue weighted by Crippen LogP contribution is 2.33. The summed E-state index contributed by atoms with van der Waals surface area (Å²) in [5.41, 5.74) is 0. The maximum absolute atomic E-state index is 13.3. The van der Waals surface area contributed by atoms with Crippen LogP contribution in [0, 0.1) is 0 Å². The molecule has 3 aliphatic heterocycles. The van der Waals surface area contributed by atoms with E-state index in [0.29, 0.717) is 12.8 Å². The topological polar surface area (TPSA) is 307 Å². The van der Waals surface area contributed by atoms with Crippen LogP contribution in [0.3, 0.4) is 0 Å². The molecule has 12 N–H and O–H groups in total. The van der Waals surface area contributed by atoms with Crippen molar-refractivity contribution in [2.24, 2.45) is 0 Å². The molecule has 0 aliphatic carbocycles. The molecule has 0 saturated carbocycles. The second-order valence-electron chi connectivity index (χ2n) is 21.8. The third kappa shape index (κ3) is 25.4. The van der Waals surface area contributed by atoms with Gasteiger partial charge in [-0.15, -0.1) is 0 Å². The average molecular weight is 1080 g/mol. The number of carbonyl (C=O) groups is 1. The minimum Gasteiger partial charge on any atom is -0.394 e. The van der Waals surface area contributed by atoms with Gasteiger partial charge in [0.15, 0.2) is 18.9 Å². The SMILES string of the molecule is CCCCCCCCCCCCCCCCCCCCCC(=O)NC(COC1OC(CO)C(OC2OC(CO)C(OC3OC(CO)C(O)C(O)C3O)C(O)C2O)C(O)C1O)C(O)CCCCCCCCCCCCC. The fourth-order valence-electron chi connectivity index (χ4n) is 10.5.